The summed E-state index contributed by atoms with van der Waals surface area (Å²) in [6.07, 6.45) is 1.45. The van der Waals surface area contributed by atoms with Crippen LogP contribution in [0.3, 0.4) is 0 Å². The van der Waals surface area contributed by atoms with Crippen molar-refractivity contribution in [1.82, 2.24) is 9.47 Å². The van der Waals surface area contributed by atoms with E-state index in [0.717, 1.165) is 23.7 Å². The van der Waals surface area contributed by atoms with Crippen molar-refractivity contribution >= 4 is 22.8 Å². The molecule has 1 aliphatic rings. The van der Waals surface area contributed by atoms with E-state index in [1.807, 2.05) is 41.8 Å². The van der Waals surface area contributed by atoms with E-state index < -0.39 is 5.97 Å². The molecule has 2 heterocycles. The van der Waals surface area contributed by atoms with Crippen LogP contribution >= 0.6 is 0 Å². The molecule has 0 bridgehead atoms. The average Bonchev–Trinajstić information content (AvgIpc) is 3.01. The number of carboxylic acid groups (broad SMARTS) is 1. The first-order chi connectivity index (χ1) is 12.1. The second-order valence-electron chi connectivity index (χ2n) is 6.32. The Morgan fingerprint density at radius 1 is 1.28 bits per heavy atom. The average molecular weight is 344 g/mol. The Kier molecular flexibility index (Phi) is 5.38. The van der Waals surface area contributed by atoms with Crippen molar-refractivity contribution in [2.45, 2.75) is 38.8 Å². The van der Waals surface area contributed by atoms with Crippen LogP contribution in [-0.4, -0.2) is 52.3 Å². The van der Waals surface area contributed by atoms with Crippen molar-refractivity contribution in [2.75, 3.05) is 19.8 Å². The molecular formula is C19H24N2O4. The molecule has 1 N–H and O–H groups in total. The predicted octanol–water partition coefficient (Wildman–Crippen LogP) is 2.76. The van der Waals surface area contributed by atoms with Crippen molar-refractivity contribution in [1.29, 1.82) is 0 Å². The zero-order valence-corrected chi connectivity index (χ0v) is 14.5. The van der Waals surface area contributed by atoms with Gasteiger partial charge in [-0.1, -0.05) is 18.2 Å². The van der Waals surface area contributed by atoms with Gasteiger partial charge >= 0.3 is 5.97 Å². The number of nitrogens with zero attached hydrogens (tertiary/aromatic N) is 2. The second-order valence-corrected chi connectivity index (χ2v) is 6.32. The van der Waals surface area contributed by atoms with Crippen LogP contribution in [0, 0.1) is 0 Å². The van der Waals surface area contributed by atoms with Gasteiger partial charge in [-0.15, -0.1) is 0 Å². The maximum atomic E-state index is 13.3. The standard InChI is InChI=1S/C19H24N2O4/c1-2-20-16-6-4-3-5-14(16)13-17(20)19(24)21(10-7-18(22)23)15-8-11-25-12-9-15/h3-6,13,15H,2,7-12H2,1H3,(H,22,23). The third-order valence-electron chi connectivity index (χ3n) is 4.80. The van der Waals surface area contributed by atoms with Gasteiger partial charge in [0.25, 0.3) is 5.91 Å². The minimum atomic E-state index is -0.888. The van der Waals surface area contributed by atoms with Gasteiger partial charge < -0.3 is 19.3 Å². The highest BCUT2D eigenvalue weighted by Gasteiger charge is 2.29. The van der Waals surface area contributed by atoms with Crippen LogP contribution in [0.15, 0.2) is 30.3 Å². The number of fused-ring (bicyclic) bond motifs is 1. The van der Waals surface area contributed by atoms with Gasteiger partial charge in [-0.05, 0) is 31.9 Å². The minimum Gasteiger partial charge on any atom is -0.481 e. The van der Waals surface area contributed by atoms with Crippen molar-refractivity contribution in [2.24, 2.45) is 0 Å². The lowest BCUT2D eigenvalue weighted by molar-refractivity contribution is -0.137. The number of para-hydroxylation sites is 1. The Balaban J connectivity index is 1.94. The fourth-order valence-corrected chi connectivity index (χ4v) is 3.54. The summed E-state index contributed by atoms with van der Waals surface area (Å²) < 4.78 is 7.40. The van der Waals surface area contributed by atoms with Crippen LogP contribution in [0.2, 0.25) is 0 Å². The van der Waals surface area contributed by atoms with Gasteiger partial charge in [0.2, 0.25) is 0 Å². The number of carboxylic acids is 1. The molecule has 1 saturated heterocycles. The number of aromatic nitrogens is 1. The number of aliphatic carboxylic acids is 1. The van der Waals surface area contributed by atoms with Crippen molar-refractivity contribution in [3.8, 4) is 0 Å². The largest absolute Gasteiger partial charge is 0.481 e. The second kappa shape index (κ2) is 7.70. The first kappa shape index (κ1) is 17.5. The first-order valence-electron chi connectivity index (χ1n) is 8.80. The van der Waals surface area contributed by atoms with E-state index in [1.165, 1.54) is 0 Å². The zero-order chi connectivity index (χ0) is 17.8. The summed E-state index contributed by atoms with van der Waals surface area (Å²) in [6, 6.07) is 9.86. The van der Waals surface area contributed by atoms with E-state index in [4.69, 9.17) is 9.84 Å². The molecule has 0 radical (unpaired) electrons. The van der Waals surface area contributed by atoms with E-state index in [1.54, 1.807) is 4.90 Å². The van der Waals surface area contributed by atoms with Crippen molar-refractivity contribution < 1.29 is 19.4 Å². The van der Waals surface area contributed by atoms with E-state index in [2.05, 4.69) is 0 Å². The van der Waals surface area contributed by atoms with E-state index in [9.17, 15) is 9.59 Å². The fraction of sp³-hybridized carbons (Fsp3) is 0.474. The van der Waals surface area contributed by atoms with Crippen LogP contribution in [0.1, 0.15) is 36.7 Å². The lowest BCUT2D eigenvalue weighted by atomic mass is 10.1. The normalized spacial score (nSPS) is 15.4. The van der Waals surface area contributed by atoms with E-state index in [-0.39, 0.29) is 24.9 Å². The molecule has 1 amide bonds. The Morgan fingerprint density at radius 2 is 2.00 bits per heavy atom. The van der Waals surface area contributed by atoms with Gasteiger partial charge in [0, 0.05) is 43.2 Å². The molecule has 134 valence electrons. The lowest BCUT2D eigenvalue weighted by Crippen LogP contribution is -2.45. The molecule has 0 atom stereocenters. The van der Waals surface area contributed by atoms with Crippen LogP contribution < -0.4 is 0 Å². The maximum absolute atomic E-state index is 13.3. The Labute approximate surface area is 147 Å². The number of aryl methyl sites for hydroxylation is 1. The topological polar surface area (TPSA) is 71.8 Å². The number of rotatable bonds is 6. The smallest absolute Gasteiger partial charge is 0.305 e. The molecule has 1 aromatic carbocycles. The Hall–Kier alpha value is -2.34. The molecule has 6 nitrogen and oxygen atoms in total. The molecule has 1 fully saturated rings. The molecule has 0 aliphatic carbocycles. The first-order valence-corrected chi connectivity index (χ1v) is 8.80. The van der Waals surface area contributed by atoms with Crippen LogP contribution in [0.25, 0.3) is 10.9 Å². The predicted molar refractivity (Wildman–Crippen MR) is 94.7 cm³/mol. The molecule has 0 saturated carbocycles. The monoisotopic (exact) mass is 344 g/mol. The minimum absolute atomic E-state index is 0.0314. The summed E-state index contributed by atoms with van der Waals surface area (Å²) in [4.78, 5) is 26.1. The molecule has 25 heavy (non-hydrogen) atoms. The van der Waals surface area contributed by atoms with Crippen molar-refractivity contribution in [3.63, 3.8) is 0 Å². The van der Waals surface area contributed by atoms with E-state index >= 15 is 0 Å². The molecule has 0 unspecified atom stereocenters. The zero-order valence-electron chi connectivity index (χ0n) is 14.5. The van der Waals surface area contributed by atoms with Gasteiger partial charge in [-0.2, -0.15) is 0 Å². The summed E-state index contributed by atoms with van der Waals surface area (Å²) in [7, 11) is 0. The van der Waals surface area contributed by atoms with Gasteiger partial charge in [0.1, 0.15) is 5.69 Å². The number of carbonyl (C=O) groups is 2. The van der Waals surface area contributed by atoms with Crippen molar-refractivity contribution in [3.05, 3.63) is 36.0 Å². The Bertz CT molecular complexity index is 762. The molecule has 1 aromatic heterocycles. The third kappa shape index (κ3) is 3.69. The number of benzene rings is 1. The number of carbonyl (C=O) groups excluding carboxylic acids is 1. The van der Waals surface area contributed by atoms with E-state index in [0.29, 0.717) is 25.5 Å². The van der Waals surface area contributed by atoms with Crippen LogP contribution in [0.5, 0.6) is 0 Å². The number of amides is 1. The fourth-order valence-electron chi connectivity index (χ4n) is 3.54. The SMILES string of the molecule is CCn1c(C(=O)N(CCC(=O)O)C2CCOCC2)cc2ccccc21. The molecule has 3 rings (SSSR count). The molecule has 6 heteroatoms. The van der Waals surface area contributed by atoms with Gasteiger partial charge in [-0.25, -0.2) is 0 Å². The number of hydrogen-bond acceptors (Lipinski definition) is 3. The van der Waals surface area contributed by atoms with Gasteiger partial charge in [0.05, 0.1) is 6.42 Å². The highest BCUT2D eigenvalue weighted by molar-refractivity contribution is 5.99. The lowest BCUT2D eigenvalue weighted by Gasteiger charge is -2.34. The number of ether oxygens (including phenoxy) is 1. The maximum Gasteiger partial charge on any atom is 0.305 e. The highest BCUT2D eigenvalue weighted by Crippen LogP contribution is 2.24. The summed E-state index contributed by atoms with van der Waals surface area (Å²) in [6.45, 7) is 4.15. The summed E-state index contributed by atoms with van der Waals surface area (Å²) >= 11 is 0. The summed E-state index contributed by atoms with van der Waals surface area (Å²) in [5.41, 5.74) is 1.65. The Morgan fingerprint density at radius 3 is 2.68 bits per heavy atom. The highest BCUT2D eigenvalue weighted by atomic mass is 16.5. The van der Waals surface area contributed by atoms with Crippen LogP contribution in [-0.2, 0) is 16.1 Å². The molecule has 0 spiro atoms. The molecule has 2 aromatic rings. The molecule has 1 aliphatic heterocycles. The summed E-state index contributed by atoms with van der Waals surface area (Å²) in [5.74, 6) is -0.980. The molecular weight excluding hydrogens is 320 g/mol. The quantitative estimate of drug-likeness (QED) is 0.875. The van der Waals surface area contributed by atoms with Crippen LogP contribution in [0.4, 0.5) is 0 Å². The number of hydrogen-bond donors (Lipinski definition) is 1. The van der Waals surface area contributed by atoms with Gasteiger partial charge in [0.15, 0.2) is 0 Å². The van der Waals surface area contributed by atoms with Gasteiger partial charge in [-0.3, -0.25) is 9.59 Å². The third-order valence-corrected chi connectivity index (χ3v) is 4.80. The summed E-state index contributed by atoms with van der Waals surface area (Å²) in [5, 5.41) is 10.1.